The number of rotatable bonds is 4. The Labute approximate surface area is 286 Å². The summed E-state index contributed by atoms with van der Waals surface area (Å²) in [7, 11) is 0. The number of pyridine rings is 2. The lowest BCUT2D eigenvalue weighted by Gasteiger charge is -2.51. The van der Waals surface area contributed by atoms with Crippen LogP contribution in [-0.2, 0) is 46.9 Å². The van der Waals surface area contributed by atoms with Crippen molar-refractivity contribution in [2.24, 2.45) is 0 Å². The minimum absolute atomic E-state index is 0.0385. The number of halogens is 2. The van der Waals surface area contributed by atoms with Crippen LogP contribution in [0.4, 0.5) is 25.1 Å². The third-order valence-corrected chi connectivity index (χ3v) is 9.45. The molecule has 2 aromatic heterocycles. The van der Waals surface area contributed by atoms with Crippen molar-refractivity contribution in [3.8, 4) is 0 Å². The minimum atomic E-state index is -1.72. The first-order valence-electron chi connectivity index (χ1n) is 16.3. The van der Waals surface area contributed by atoms with Gasteiger partial charge in [0.2, 0.25) is 11.8 Å². The summed E-state index contributed by atoms with van der Waals surface area (Å²) >= 11 is 0. The minimum Gasteiger partial charge on any atom is -0.444 e. The van der Waals surface area contributed by atoms with Crippen molar-refractivity contribution in [2.75, 3.05) is 50.2 Å². The molecule has 1 aromatic carbocycles. The van der Waals surface area contributed by atoms with Gasteiger partial charge < -0.3 is 29.7 Å². The Morgan fingerprint density at radius 3 is 2.48 bits per heavy atom. The number of carbonyl (C=O) groups excluding carboxylic acids is 4. The van der Waals surface area contributed by atoms with E-state index in [0.29, 0.717) is 36.1 Å². The molecular formula is C35H36F2N6O7. The van der Waals surface area contributed by atoms with Gasteiger partial charge in [-0.2, -0.15) is 0 Å². The molecule has 7 rings (SSSR count). The topological polar surface area (TPSA) is 152 Å². The largest absolute Gasteiger partial charge is 0.444 e. The summed E-state index contributed by atoms with van der Waals surface area (Å²) in [4.78, 5) is 66.3. The molecule has 4 aliphatic rings. The highest BCUT2D eigenvalue weighted by Crippen LogP contribution is 2.46. The smallest absolute Gasteiger partial charge is 0.411 e. The average molecular weight is 691 g/mol. The molecule has 0 radical (unpaired) electrons. The van der Waals surface area contributed by atoms with E-state index in [9.17, 15) is 28.0 Å². The van der Waals surface area contributed by atoms with E-state index in [1.165, 1.54) is 16.0 Å². The monoisotopic (exact) mass is 690 g/mol. The van der Waals surface area contributed by atoms with E-state index >= 15 is 0 Å². The fourth-order valence-corrected chi connectivity index (χ4v) is 7.23. The molecule has 2 spiro atoms. The van der Waals surface area contributed by atoms with Crippen LogP contribution in [0.3, 0.4) is 0 Å². The first kappa shape index (κ1) is 33.5. The third-order valence-electron chi connectivity index (χ3n) is 9.45. The Morgan fingerprint density at radius 1 is 1.06 bits per heavy atom. The molecule has 15 heteroatoms. The molecule has 4 amide bonds. The fraction of sp³-hybridized carbons (Fsp3) is 0.429. The van der Waals surface area contributed by atoms with E-state index in [-0.39, 0.29) is 44.4 Å². The van der Waals surface area contributed by atoms with Crippen LogP contribution >= 0.6 is 0 Å². The molecule has 0 bridgehead atoms. The summed E-state index contributed by atoms with van der Waals surface area (Å²) < 4.78 is 46.2. The number of ether oxygens (including phenoxy) is 3. The molecule has 2 saturated heterocycles. The molecule has 2 N–H and O–H groups in total. The third kappa shape index (κ3) is 5.93. The molecule has 0 saturated carbocycles. The van der Waals surface area contributed by atoms with E-state index in [2.05, 4.69) is 20.6 Å². The maximum Gasteiger partial charge on any atom is 0.411 e. The van der Waals surface area contributed by atoms with Gasteiger partial charge in [-0.25, -0.2) is 18.6 Å². The zero-order valence-corrected chi connectivity index (χ0v) is 27.8. The van der Waals surface area contributed by atoms with Crippen LogP contribution < -0.4 is 10.6 Å². The van der Waals surface area contributed by atoms with Crippen LogP contribution in [0.2, 0.25) is 0 Å². The van der Waals surface area contributed by atoms with Crippen molar-refractivity contribution >= 4 is 35.3 Å². The number of hydrogen-bond donors (Lipinski definition) is 2. The highest BCUT2D eigenvalue weighted by Gasteiger charge is 2.57. The quantitative estimate of drug-likeness (QED) is 0.420. The number of nitrogens with zero attached hydrogens (tertiary/aromatic N) is 4. The molecule has 13 nitrogen and oxygen atoms in total. The van der Waals surface area contributed by atoms with Gasteiger partial charge in [0.1, 0.15) is 29.6 Å². The lowest BCUT2D eigenvalue weighted by molar-refractivity contribution is -0.165. The number of amides is 4. The average Bonchev–Trinajstić information content (AvgIpc) is 3.43. The number of nitrogens with one attached hydrogen (secondary N) is 2. The first-order valence-corrected chi connectivity index (χ1v) is 16.3. The van der Waals surface area contributed by atoms with Gasteiger partial charge in [0.25, 0.3) is 5.91 Å². The number of piperazine rings is 1. The highest BCUT2D eigenvalue weighted by molar-refractivity contribution is 6.06. The Hall–Kier alpha value is -5.02. The summed E-state index contributed by atoms with van der Waals surface area (Å²) in [5.41, 5.74) is -0.863. The highest BCUT2D eigenvalue weighted by atomic mass is 19.1. The van der Waals surface area contributed by atoms with Crippen molar-refractivity contribution in [3.05, 3.63) is 82.8 Å². The zero-order chi connectivity index (χ0) is 35.4. The van der Waals surface area contributed by atoms with E-state index in [0.717, 1.165) is 23.3 Å². The Balaban J connectivity index is 1.18. The SMILES string of the molecule is CC(C)(C)OC(=O)N1CC(c2cc(F)cc(F)c2)N(CC(=O)Nc2cnc3c(c2)CC2(C3)C(=O)Nc3ncccc32)C(=O)C12COCCOC2. The van der Waals surface area contributed by atoms with Crippen molar-refractivity contribution in [1.29, 1.82) is 0 Å². The van der Waals surface area contributed by atoms with Gasteiger partial charge in [-0.1, -0.05) is 6.07 Å². The number of fused-ring (bicyclic) bond motifs is 3. The number of hydrogen-bond acceptors (Lipinski definition) is 9. The predicted molar refractivity (Wildman–Crippen MR) is 173 cm³/mol. The van der Waals surface area contributed by atoms with Gasteiger partial charge in [-0.15, -0.1) is 0 Å². The second-order valence-corrected chi connectivity index (χ2v) is 14.0. The van der Waals surface area contributed by atoms with E-state index < -0.39 is 58.7 Å². The molecule has 5 heterocycles. The molecule has 2 unspecified atom stereocenters. The van der Waals surface area contributed by atoms with Crippen LogP contribution in [0.1, 0.15) is 49.2 Å². The second kappa shape index (κ2) is 12.4. The van der Waals surface area contributed by atoms with Crippen molar-refractivity contribution in [3.63, 3.8) is 0 Å². The molecule has 3 aliphatic heterocycles. The fourth-order valence-electron chi connectivity index (χ4n) is 7.23. The molecule has 1 aliphatic carbocycles. The second-order valence-electron chi connectivity index (χ2n) is 14.0. The molecule has 50 heavy (non-hydrogen) atoms. The van der Waals surface area contributed by atoms with Crippen molar-refractivity contribution in [2.45, 2.75) is 56.2 Å². The summed E-state index contributed by atoms with van der Waals surface area (Å²) in [6.45, 7) is 4.01. The Bertz CT molecular complexity index is 1870. The van der Waals surface area contributed by atoms with Crippen LogP contribution in [0.5, 0.6) is 0 Å². The van der Waals surface area contributed by atoms with Crippen LogP contribution in [0, 0.1) is 11.6 Å². The standard InChI is InChI=1S/C35H36F2N6O7/c1-33(2,3)50-32(47)43-16-27(20-9-22(36)12-23(37)10-20)42(31(46)35(43)18-48-7-8-49-19-35)17-28(44)40-24-11-21-13-34(14-26(21)39-15-24)25-5-4-6-38-29(25)41-30(34)45/h4-6,9-12,15,27H,7-8,13-14,16-19H2,1-3H3,(H,40,44)(H,38,41,45). The number of benzene rings is 1. The molecular weight excluding hydrogens is 654 g/mol. The summed E-state index contributed by atoms with van der Waals surface area (Å²) in [6, 6.07) is 7.06. The van der Waals surface area contributed by atoms with Gasteiger partial charge in [-0.3, -0.25) is 24.3 Å². The predicted octanol–water partition coefficient (Wildman–Crippen LogP) is 3.29. The van der Waals surface area contributed by atoms with Gasteiger partial charge in [0.05, 0.1) is 49.8 Å². The van der Waals surface area contributed by atoms with E-state index in [1.807, 2.05) is 6.07 Å². The number of carbonyl (C=O) groups is 4. The summed E-state index contributed by atoms with van der Waals surface area (Å²) in [5.74, 6) is -2.77. The maximum absolute atomic E-state index is 14.6. The number of aromatic nitrogens is 2. The zero-order valence-electron chi connectivity index (χ0n) is 27.8. The van der Waals surface area contributed by atoms with Gasteiger partial charge in [-0.05, 0) is 62.6 Å². The normalized spacial score (nSPS) is 22.6. The van der Waals surface area contributed by atoms with Crippen LogP contribution in [0.15, 0.2) is 48.8 Å². The maximum atomic E-state index is 14.6. The molecule has 2 fully saturated rings. The molecule has 2 atom stereocenters. The number of anilines is 2. The molecule has 3 aromatic rings. The molecule has 262 valence electrons. The Morgan fingerprint density at radius 2 is 1.78 bits per heavy atom. The van der Waals surface area contributed by atoms with Crippen molar-refractivity contribution < 1.29 is 42.2 Å². The van der Waals surface area contributed by atoms with Crippen molar-refractivity contribution in [1.82, 2.24) is 19.8 Å². The van der Waals surface area contributed by atoms with Gasteiger partial charge in [0, 0.05) is 36.5 Å². The van der Waals surface area contributed by atoms with E-state index in [4.69, 9.17) is 14.2 Å². The summed E-state index contributed by atoms with van der Waals surface area (Å²) in [6.07, 6.45) is 2.96. The van der Waals surface area contributed by atoms with E-state index in [1.54, 1.807) is 39.1 Å². The lowest BCUT2D eigenvalue weighted by atomic mass is 9.80. The van der Waals surface area contributed by atoms with Gasteiger partial charge in [0.15, 0.2) is 5.54 Å². The van der Waals surface area contributed by atoms with Gasteiger partial charge >= 0.3 is 6.09 Å². The summed E-state index contributed by atoms with van der Waals surface area (Å²) in [5, 5.41) is 5.64. The van der Waals surface area contributed by atoms with Crippen LogP contribution in [-0.4, -0.2) is 94.2 Å². The Kier molecular flexibility index (Phi) is 8.29. The van der Waals surface area contributed by atoms with Crippen LogP contribution in [0.25, 0.3) is 0 Å². The lowest BCUT2D eigenvalue weighted by Crippen LogP contribution is -2.72. The first-order chi connectivity index (χ1) is 23.8.